The summed E-state index contributed by atoms with van der Waals surface area (Å²) >= 11 is 0. The Morgan fingerprint density at radius 3 is 2.50 bits per heavy atom. The molecular weight excluding hydrogens is 330 g/mol. The summed E-state index contributed by atoms with van der Waals surface area (Å²) in [5.41, 5.74) is 0.502. The van der Waals surface area contributed by atoms with E-state index in [1.165, 1.54) is 4.90 Å². The molecule has 0 bridgehead atoms. The fourth-order valence-electron chi connectivity index (χ4n) is 3.96. The van der Waals surface area contributed by atoms with Crippen LogP contribution < -0.4 is 15.0 Å². The van der Waals surface area contributed by atoms with E-state index in [1.54, 1.807) is 0 Å². The van der Waals surface area contributed by atoms with E-state index in [9.17, 15) is 9.59 Å². The Labute approximate surface area is 155 Å². The molecule has 3 amide bonds. The lowest BCUT2D eigenvalue weighted by atomic mass is 9.77. The van der Waals surface area contributed by atoms with Crippen LogP contribution in [0.5, 0.6) is 5.75 Å². The van der Waals surface area contributed by atoms with Crippen LogP contribution in [0.4, 0.5) is 4.79 Å². The molecule has 1 heterocycles. The average Bonchev–Trinajstić information content (AvgIpc) is 2.84. The van der Waals surface area contributed by atoms with E-state index < -0.39 is 5.54 Å². The highest BCUT2D eigenvalue weighted by atomic mass is 16.5. The molecule has 142 valence electrons. The van der Waals surface area contributed by atoms with E-state index in [1.807, 2.05) is 38.2 Å². The second-order valence-corrected chi connectivity index (χ2v) is 7.80. The number of quaternary nitrogens is 1. The van der Waals surface area contributed by atoms with Crippen molar-refractivity contribution in [3.8, 4) is 5.75 Å². The zero-order valence-electron chi connectivity index (χ0n) is 16.0. The largest absolute Gasteiger partial charge is 0.494 e. The number of carbonyl (C=O) groups is 2. The molecule has 2 fully saturated rings. The number of urea groups is 1. The van der Waals surface area contributed by atoms with Gasteiger partial charge in [-0.15, -0.1) is 0 Å². The highest BCUT2D eigenvalue weighted by Crippen LogP contribution is 2.35. The van der Waals surface area contributed by atoms with Crippen molar-refractivity contribution < 1.29 is 19.2 Å². The number of nitrogens with one attached hydrogen (secondary N) is 2. The van der Waals surface area contributed by atoms with Gasteiger partial charge in [-0.05, 0) is 62.8 Å². The van der Waals surface area contributed by atoms with Crippen molar-refractivity contribution in [3.63, 3.8) is 0 Å². The van der Waals surface area contributed by atoms with Crippen LogP contribution in [0, 0.1) is 5.92 Å². The molecule has 2 aliphatic rings. The molecule has 1 unspecified atom stereocenters. The van der Waals surface area contributed by atoms with Gasteiger partial charge in [-0.25, -0.2) is 9.69 Å². The van der Waals surface area contributed by atoms with Crippen molar-refractivity contribution in [2.24, 2.45) is 5.92 Å². The van der Waals surface area contributed by atoms with Gasteiger partial charge in [0.05, 0.1) is 13.7 Å². The van der Waals surface area contributed by atoms with Crippen molar-refractivity contribution in [2.75, 3.05) is 20.3 Å². The fourth-order valence-corrected chi connectivity index (χ4v) is 3.96. The van der Waals surface area contributed by atoms with Gasteiger partial charge in [-0.3, -0.25) is 4.79 Å². The summed E-state index contributed by atoms with van der Waals surface area (Å²) in [6.07, 6.45) is 3.50. The first-order chi connectivity index (χ1) is 12.4. The van der Waals surface area contributed by atoms with Gasteiger partial charge in [0.15, 0.2) is 6.67 Å². The van der Waals surface area contributed by atoms with Crippen LogP contribution in [-0.4, -0.2) is 42.7 Å². The molecule has 3 rings (SSSR count). The molecule has 1 aliphatic heterocycles. The number of rotatable bonds is 6. The van der Waals surface area contributed by atoms with Crippen LogP contribution in [0.25, 0.3) is 0 Å². The van der Waals surface area contributed by atoms with Gasteiger partial charge < -0.3 is 15.0 Å². The number of nitrogens with zero attached hydrogens (tertiary/aromatic N) is 1. The molecule has 0 radical (unpaired) electrons. The Kier molecular flexibility index (Phi) is 5.51. The maximum Gasteiger partial charge on any atom is 0.329 e. The zero-order chi connectivity index (χ0) is 18.7. The number of hydrogen-bond acceptors (Lipinski definition) is 3. The number of amides is 3. The third-order valence-electron chi connectivity index (χ3n) is 5.54. The zero-order valence-corrected chi connectivity index (χ0v) is 16.0. The minimum absolute atomic E-state index is 0.0413. The van der Waals surface area contributed by atoms with Crippen LogP contribution >= 0.6 is 0 Å². The van der Waals surface area contributed by atoms with E-state index >= 15 is 0 Å². The van der Waals surface area contributed by atoms with Crippen molar-refractivity contribution in [3.05, 3.63) is 29.8 Å². The number of hydrogen-bond donors (Lipinski definition) is 2. The van der Waals surface area contributed by atoms with Gasteiger partial charge in [0.1, 0.15) is 17.8 Å². The Bertz CT molecular complexity index is 651. The number of benzene rings is 1. The summed E-state index contributed by atoms with van der Waals surface area (Å²) < 4.78 is 5.46. The minimum Gasteiger partial charge on any atom is -0.494 e. The summed E-state index contributed by atoms with van der Waals surface area (Å²) in [6, 6.07) is 7.74. The minimum atomic E-state index is -0.650. The Hall–Kier alpha value is -2.08. The number of carbonyl (C=O) groups excluding carboxylic acids is 2. The van der Waals surface area contributed by atoms with Crippen molar-refractivity contribution in [1.29, 1.82) is 0 Å². The number of imide groups is 1. The van der Waals surface area contributed by atoms with Crippen molar-refractivity contribution in [1.82, 2.24) is 10.2 Å². The Morgan fingerprint density at radius 2 is 1.88 bits per heavy atom. The molecular formula is C20H30N3O3+. The first kappa shape index (κ1) is 18.7. The molecule has 6 heteroatoms. The second kappa shape index (κ2) is 7.66. The van der Waals surface area contributed by atoms with Crippen molar-refractivity contribution >= 4 is 11.9 Å². The molecule has 1 atom stereocenters. The van der Waals surface area contributed by atoms with Crippen LogP contribution in [0.15, 0.2) is 24.3 Å². The predicted molar refractivity (Wildman–Crippen MR) is 98.8 cm³/mol. The first-order valence-electron chi connectivity index (χ1n) is 9.60. The van der Waals surface area contributed by atoms with Crippen LogP contribution in [0.1, 0.15) is 45.1 Å². The summed E-state index contributed by atoms with van der Waals surface area (Å²) in [7, 11) is 2.00. The van der Waals surface area contributed by atoms with E-state index in [0.717, 1.165) is 48.4 Å². The summed E-state index contributed by atoms with van der Waals surface area (Å²) in [5, 5.41) is 2.99. The molecule has 0 aromatic heterocycles. The summed E-state index contributed by atoms with van der Waals surface area (Å²) in [6.45, 7) is 5.95. The van der Waals surface area contributed by atoms with Crippen LogP contribution in [0.2, 0.25) is 0 Å². The van der Waals surface area contributed by atoms with Gasteiger partial charge in [-0.1, -0.05) is 6.92 Å². The van der Waals surface area contributed by atoms with E-state index in [0.29, 0.717) is 19.2 Å². The molecule has 6 nitrogen and oxygen atoms in total. The lowest BCUT2D eigenvalue weighted by Gasteiger charge is -2.33. The molecule has 1 aromatic rings. The van der Waals surface area contributed by atoms with E-state index in [-0.39, 0.29) is 11.9 Å². The summed E-state index contributed by atoms with van der Waals surface area (Å²) in [4.78, 5) is 27.8. The summed E-state index contributed by atoms with van der Waals surface area (Å²) in [5.74, 6) is 1.45. The molecule has 1 saturated carbocycles. The second-order valence-electron chi connectivity index (χ2n) is 7.80. The van der Waals surface area contributed by atoms with Gasteiger partial charge >= 0.3 is 6.03 Å². The highest BCUT2D eigenvalue weighted by Gasteiger charge is 2.52. The third-order valence-corrected chi connectivity index (χ3v) is 5.54. The lowest BCUT2D eigenvalue weighted by molar-refractivity contribution is -0.901. The smallest absolute Gasteiger partial charge is 0.329 e. The molecule has 1 saturated heterocycles. The predicted octanol–water partition coefficient (Wildman–Crippen LogP) is 1.56. The SMILES string of the molecule is CCOc1ccc(C[NH+](C)CN2C(=O)NC3(CCC(C)CC3)C2=O)cc1. The fraction of sp³-hybridized carbons (Fsp3) is 0.600. The Balaban J connectivity index is 1.59. The normalized spacial score (nSPS) is 26.9. The van der Waals surface area contributed by atoms with Crippen molar-refractivity contribution in [2.45, 2.75) is 51.6 Å². The molecule has 1 spiro atoms. The lowest BCUT2D eigenvalue weighted by Crippen LogP contribution is -3.09. The molecule has 2 N–H and O–H groups in total. The maximum absolute atomic E-state index is 12.9. The van der Waals surface area contributed by atoms with Gasteiger partial charge in [-0.2, -0.15) is 0 Å². The van der Waals surface area contributed by atoms with Crippen LogP contribution in [0.3, 0.4) is 0 Å². The first-order valence-corrected chi connectivity index (χ1v) is 9.60. The quantitative estimate of drug-likeness (QED) is 0.757. The highest BCUT2D eigenvalue weighted by molar-refractivity contribution is 6.06. The average molecular weight is 360 g/mol. The maximum atomic E-state index is 12.9. The number of ether oxygens (including phenoxy) is 1. The topological polar surface area (TPSA) is 63.1 Å². The van der Waals surface area contributed by atoms with E-state index in [2.05, 4.69) is 12.2 Å². The van der Waals surface area contributed by atoms with E-state index in [4.69, 9.17) is 4.74 Å². The standard InChI is InChI=1S/C20H29N3O3/c1-4-26-17-7-5-16(6-8-17)13-22(3)14-23-18(24)20(21-19(23)25)11-9-15(2)10-12-20/h5-8,15H,4,9-14H2,1-3H3,(H,21,25)/p+1. The van der Waals surface area contributed by atoms with Gasteiger partial charge in [0.2, 0.25) is 0 Å². The van der Waals surface area contributed by atoms with Gasteiger partial charge in [0.25, 0.3) is 5.91 Å². The monoisotopic (exact) mass is 360 g/mol. The van der Waals surface area contributed by atoms with Crippen LogP contribution in [-0.2, 0) is 11.3 Å². The van der Waals surface area contributed by atoms with Gasteiger partial charge in [0, 0.05) is 5.56 Å². The molecule has 1 aromatic carbocycles. The molecule has 1 aliphatic carbocycles. The Morgan fingerprint density at radius 1 is 1.23 bits per heavy atom. The molecule has 26 heavy (non-hydrogen) atoms. The third kappa shape index (κ3) is 3.85.